The van der Waals surface area contributed by atoms with Crippen LogP contribution >= 0.6 is 0 Å². The summed E-state index contributed by atoms with van der Waals surface area (Å²) in [5.74, 6) is 0.681. The highest BCUT2D eigenvalue weighted by Gasteiger charge is 2.20. The van der Waals surface area contributed by atoms with E-state index in [9.17, 15) is 4.39 Å². The van der Waals surface area contributed by atoms with E-state index in [0.717, 1.165) is 31.6 Å². The first kappa shape index (κ1) is 16.2. The van der Waals surface area contributed by atoms with Gasteiger partial charge < -0.3 is 14.8 Å². The monoisotopic (exact) mass is 295 g/mol. The largest absolute Gasteiger partial charge is 0.488 e. The molecular weight excluding hydrogens is 269 g/mol. The van der Waals surface area contributed by atoms with E-state index in [1.807, 2.05) is 19.9 Å². The average molecular weight is 295 g/mol. The Bertz CT molecular complexity index is 444. The van der Waals surface area contributed by atoms with Crippen LogP contribution in [0.2, 0.25) is 0 Å². The topological polar surface area (TPSA) is 30.5 Å². The van der Waals surface area contributed by atoms with Gasteiger partial charge in [-0.15, -0.1) is 0 Å². The van der Waals surface area contributed by atoms with Gasteiger partial charge in [-0.05, 0) is 57.2 Å². The summed E-state index contributed by atoms with van der Waals surface area (Å²) in [7, 11) is 0. The number of rotatable bonds is 6. The highest BCUT2D eigenvalue weighted by molar-refractivity contribution is 5.29. The second kappa shape index (κ2) is 7.76. The van der Waals surface area contributed by atoms with Crippen LogP contribution in [-0.2, 0) is 11.3 Å². The smallest absolute Gasteiger partial charge is 0.165 e. The molecule has 1 saturated heterocycles. The highest BCUT2D eigenvalue weighted by Crippen LogP contribution is 2.21. The molecule has 1 aliphatic rings. The maximum atomic E-state index is 13.9. The van der Waals surface area contributed by atoms with Crippen LogP contribution in [0.4, 0.5) is 4.39 Å². The van der Waals surface area contributed by atoms with Gasteiger partial charge in [0.25, 0.3) is 0 Å². The number of hydrogen-bond acceptors (Lipinski definition) is 3. The van der Waals surface area contributed by atoms with Crippen LogP contribution in [0.5, 0.6) is 5.75 Å². The summed E-state index contributed by atoms with van der Waals surface area (Å²) in [4.78, 5) is 0. The lowest BCUT2D eigenvalue weighted by Gasteiger charge is -2.28. The molecular formula is C17H26FNO2. The molecule has 0 aliphatic carbocycles. The van der Waals surface area contributed by atoms with Crippen LogP contribution in [0.1, 0.15) is 39.2 Å². The fraction of sp³-hybridized carbons (Fsp3) is 0.647. The third-order valence-electron chi connectivity index (χ3n) is 3.96. The first-order valence-corrected chi connectivity index (χ1v) is 7.82. The van der Waals surface area contributed by atoms with Gasteiger partial charge in [0, 0.05) is 25.8 Å². The second-order valence-electron chi connectivity index (χ2n) is 6.05. The van der Waals surface area contributed by atoms with Gasteiger partial charge in [-0.25, -0.2) is 4.39 Å². The van der Waals surface area contributed by atoms with E-state index in [1.165, 1.54) is 0 Å². The molecule has 1 fully saturated rings. The van der Waals surface area contributed by atoms with E-state index in [1.54, 1.807) is 12.1 Å². The molecule has 0 radical (unpaired) electrons. The molecule has 3 nitrogen and oxygen atoms in total. The molecule has 1 aliphatic heterocycles. The number of benzene rings is 1. The van der Waals surface area contributed by atoms with Crippen molar-refractivity contribution in [1.82, 2.24) is 5.32 Å². The lowest BCUT2D eigenvalue weighted by atomic mass is 9.93. The minimum absolute atomic E-state index is 0.0167. The molecule has 1 N–H and O–H groups in total. The third-order valence-corrected chi connectivity index (χ3v) is 3.96. The molecule has 0 unspecified atom stereocenters. The zero-order valence-electron chi connectivity index (χ0n) is 13.2. The quantitative estimate of drug-likeness (QED) is 0.871. The predicted molar refractivity (Wildman–Crippen MR) is 82.0 cm³/mol. The molecule has 1 aromatic carbocycles. The molecule has 0 amide bonds. The summed E-state index contributed by atoms with van der Waals surface area (Å²) in [5, 5.41) is 3.49. The van der Waals surface area contributed by atoms with Crippen molar-refractivity contribution in [3.05, 3.63) is 29.6 Å². The van der Waals surface area contributed by atoms with E-state index in [0.29, 0.717) is 24.3 Å². The summed E-state index contributed by atoms with van der Waals surface area (Å²) in [6.07, 6.45) is 2.19. The number of nitrogens with one attached hydrogen (secondary N) is 1. The lowest BCUT2D eigenvalue weighted by molar-refractivity contribution is 0.0558. The van der Waals surface area contributed by atoms with Crippen molar-refractivity contribution in [1.29, 1.82) is 0 Å². The first-order valence-electron chi connectivity index (χ1n) is 7.82. The van der Waals surface area contributed by atoms with Crippen LogP contribution in [-0.4, -0.2) is 25.4 Å². The maximum Gasteiger partial charge on any atom is 0.165 e. The van der Waals surface area contributed by atoms with Crippen molar-refractivity contribution < 1.29 is 13.9 Å². The lowest BCUT2D eigenvalue weighted by Crippen LogP contribution is -2.36. The molecule has 0 spiro atoms. The summed E-state index contributed by atoms with van der Waals surface area (Å²) in [5.41, 5.74) is 0.947. The Morgan fingerprint density at radius 2 is 2.00 bits per heavy atom. The van der Waals surface area contributed by atoms with Crippen LogP contribution < -0.4 is 10.1 Å². The van der Waals surface area contributed by atoms with E-state index in [-0.39, 0.29) is 11.9 Å². The van der Waals surface area contributed by atoms with Crippen LogP contribution in [0, 0.1) is 11.7 Å². The summed E-state index contributed by atoms with van der Waals surface area (Å²) in [6, 6.07) is 5.61. The van der Waals surface area contributed by atoms with Crippen LogP contribution in [0.15, 0.2) is 18.2 Å². The number of ether oxygens (including phenoxy) is 2. The van der Waals surface area contributed by atoms with Gasteiger partial charge in [0.15, 0.2) is 11.6 Å². The van der Waals surface area contributed by atoms with E-state index < -0.39 is 0 Å². The first-order chi connectivity index (χ1) is 10.1. The molecule has 1 aromatic rings. The minimum Gasteiger partial charge on any atom is -0.488 e. The summed E-state index contributed by atoms with van der Waals surface area (Å²) >= 11 is 0. The Labute approximate surface area is 126 Å². The molecule has 21 heavy (non-hydrogen) atoms. The van der Waals surface area contributed by atoms with E-state index in [4.69, 9.17) is 9.47 Å². The molecule has 0 aromatic heterocycles. The zero-order valence-corrected chi connectivity index (χ0v) is 13.2. The van der Waals surface area contributed by atoms with Crippen molar-refractivity contribution in [3.63, 3.8) is 0 Å². The van der Waals surface area contributed by atoms with Crippen molar-refractivity contribution >= 4 is 0 Å². The van der Waals surface area contributed by atoms with E-state index in [2.05, 4.69) is 12.2 Å². The molecule has 0 bridgehead atoms. The molecule has 1 heterocycles. The van der Waals surface area contributed by atoms with Crippen molar-refractivity contribution in [2.45, 2.75) is 52.3 Å². The SMILES string of the molecule is CC(C)Oc1ccc(CN[C@@H](C)C2CCOCC2)cc1F. The third kappa shape index (κ3) is 4.97. The zero-order chi connectivity index (χ0) is 15.2. The van der Waals surface area contributed by atoms with Gasteiger partial charge in [-0.2, -0.15) is 0 Å². The van der Waals surface area contributed by atoms with Gasteiger partial charge in [-0.3, -0.25) is 0 Å². The van der Waals surface area contributed by atoms with Crippen molar-refractivity contribution in [3.8, 4) is 5.75 Å². The minimum atomic E-state index is -0.290. The van der Waals surface area contributed by atoms with E-state index >= 15 is 0 Å². The predicted octanol–water partition coefficient (Wildman–Crippen LogP) is 3.52. The van der Waals surface area contributed by atoms with Gasteiger partial charge in [-0.1, -0.05) is 6.07 Å². The Kier molecular flexibility index (Phi) is 6.00. The van der Waals surface area contributed by atoms with Gasteiger partial charge in [0.2, 0.25) is 0 Å². The maximum absolute atomic E-state index is 13.9. The second-order valence-corrected chi connectivity index (χ2v) is 6.05. The fourth-order valence-electron chi connectivity index (χ4n) is 2.67. The summed E-state index contributed by atoms with van der Waals surface area (Å²) < 4.78 is 24.7. The average Bonchev–Trinajstić information content (AvgIpc) is 2.48. The highest BCUT2D eigenvalue weighted by atomic mass is 19.1. The van der Waals surface area contributed by atoms with Crippen LogP contribution in [0.3, 0.4) is 0 Å². The van der Waals surface area contributed by atoms with Crippen molar-refractivity contribution in [2.24, 2.45) is 5.92 Å². The molecule has 2 rings (SSSR count). The molecule has 4 heteroatoms. The number of halogens is 1. The van der Waals surface area contributed by atoms with Gasteiger partial charge >= 0.3 is 0 Å². The molecule has 0 saturated carbocycles. The van der Waals surface area contributed by atoms with Crippen molar-refractivity contribution in [2.75, 3.05) is 13.2 Å². The Balaban J connectivity index is 1.86. The van der Waals surface area contributed by atoms with Gasteiger partial charge in [0.05, 0.1) is 6.10 Å². The van der Waals surface area contributed by atoms with Gasteiger partial charge in [0.1, 0.15) is 0 Å². The number of hydrogen-bond donors (Lipinski definition) is 1. The Morgan fingerprint density at radius 1 is 1.29 bits per heavy atom. The Hall–Kier alpha value is -1.13. The fourth-order valence-corrected chi connectivity index (χ4v) is 2.67. The molecule has 118 valence electrons. The summed E-state index contributed by atoms with van der Waals surface area (Å²) in [6.45, 7) is 8.37. The normalized spacial score (nSPS) is 18.0. The molecule has 1 atom stereocenters. The Morgan fingerprint density at radius 3 is 2.62 bits per heavy atom. The van der Waals surface area contributed by atoms with Crippen LogP contribution in [0.25, 0.3) is 0 Å². The standard InChI is InChI=1S/C17H26FNO2/c1-12(2)21-17-5-4-14(10-16(17)18)11-19-13(3)15-6-8-20-9-7-15/h4-5,10,12-13,15,19H,6-9,11H2,1-3H3/t13-/m0/s1.